The zero-order valence-corrected chi connectivity index (χ0v) is 43.0. The van der Waals surface area contributed by atoms with Gasteiger partial charge in [0.05, 0.1) is 34.4 Å². The Morgan fingerprint density at radius 1 is 0.508 bits per heavy atom. The van der Waals surface area contributed by atoms with Crippen LogP contribution in [-0.2, 0) is 27.9 Å². The predicted octanol–water partition coefficient (Wildman–Crippen LogP) is 16.3. The summed E-state index contributed by atoms with van der Waals surface area (Å²) in [4.78, 5) is 23.0. The van der Waals surface area contributed by atoms with E-state index in [0.717, 1.165) is 57.8 Å². The maximum atomic E-state index is 12.8. The van der Waals surface area contributed by atoms with E-state index in [1.165, 1.54) is 154 Å². The van der Waals surface area contributed by atoms with Crippen molar-refractivity contribution in [3.63, 3.8) is 0 Å². The first-order chi connectivity index (χ1) is 30.6. The van der Waals surface area contributed by atoms with Gasteiger partial charge < -0.3 is 18.9 Å². The number of ether oxygens (including phenoxy) is 2. The van der Waals surface area contributed by atoms with Crippen LogP contribution in [0.1, 0.15) is 232 Å². The van der Waals surface area contributed by atoms with Crippen molar-refractivity contribution < 1.29 is 37.3 Å². The molecule has 0 saturated heterocycles. The van der Waals surface area contributed by atoms with Gasteiger partial charge in [-0.2, -0.15) is 0 Å². The van der Waals surface area contributed by atoms with Gasteiger partial charge in [-0.05, 0) is 51.4 Å². The predicted molar refractivity (Wildman–Crippen MR) is 270 cm³/mol. The summed E-state index contributed by atoms with van der Waals surface area (Å²) in [5.74, 6) is -0.315. The highest BCUT2D eigenvalue weighted by Gasteiger charge is 2.26. The lowest BCUT2D eigenvalue weighted by Crippen LogP contribution is -2.37. The average molecular weight is 909 g/mol. The minimum atomic E-state index is -4.28. The average Bonchev–Trinajstić information content (AvgIpc) is 3.24. The number of esters is 1. The number of nitrogens with zero attached hydrogens (tertiary/aromatic N) is 1. The van der Waals surface area contributed by atoms with Crippen LogP contribution in [0.25, 0.3) is 0 Å². The molecule has 9 heteroatoms. The van der Waals surface area contributed by atoms with Gasteiger partial charge in [-0.1, -0.05) is 223 Å². The molecule has 0 aliphatic heterocycles. The maximum Gasteiger partial charge on any atom is 0.472 e. The Bertz CT molecular complexity index is 1150. The van der Waals surface area contributed by atoms with Crippen LogP contribution < -0.4 is 0 Å². The fourth-order valence-electron chi connectivity index (χ4n) is 7.37. The number of phosphoric acid groups is 1. The fraction of sp³-hybridized carbons (Fsp3) is 0.833. The summed E-state index contributed by atoms with van der Waals surface area (Å²) in [5.41, 5.74) is 0. The molecule has 0 rings (SSSR count). The number of hydrogen-bond donors (Lipinski definition) is 1. The first-order valence-electron chi connectivity index (χ1n) is 26.4. The molecule has 2 atom stereocenters. The van der Waals surface area contributed by atoms with Gasteiger partial charge in [-0.25, -0.2) is 4.57 Å². The lowest BCUT2D eigenvalue weighted by molar-refractivity contribution is -0.870. The number of carbonyl (C=O) groups excluding carboxylic acids is 1. The summed E-state index contributed by atoms with van der Waals surface area (Å²) in [5, 5.41) is 0. The first-order valence-corrected chi connectivity index (χ1v) is 27.9. The van der Waals surface area contributed by atoms with Crippen molar-refractivity contribution >= 4 is 13.8 Å². The number of quaternary nitrogens is 1. The van der Waals surface area contributed by atoms with E-state index in [2.05, 4.69) is 62.5 Å². The monoisotopic (exact) mass is 909 g/mol. The Balaban J connectivity index is 4.12. The third-order valence-corrected chi connectivity index (χ3v) is 12.4. The van der Waals surface area contributed by atoms with Crippen LogP contribution in [0.5, 0.6) is 0 Å². The third kappa shape index (κ3) is 51.3. The topological polar surface area (TPSA) is 91.3 Å². The molecule has 0 amide bonds. The van der Waals surface area contributed by atoms with Gasteiger partial charge in [-0.15, -0.1) is 0 Å². The molecule has 8 nitrogen and oxygen atoms in total. The van der Waals surface area contributed by atoms with Crippen molar-refractivity contribution in [3.05, 3.63) is 48.6 Å². The number of likely N-dealkylation sites (N-methyl/N-ethyl adjacent to an activating group) is 1. The molecule has 370 valence electrons. The Morgan fingerprint density at radius 2 is 0.921 bits per heavy atom. The second-order valence-electron chi connectivity index (χ2n) is 18.9. The second kappa shape index (κ2) is 47.0. The van der Waals surface area contributed by atoms with Gasteiger partial charge in [0.15, 0.2) is 0 Å². The van der Waals surface area contributed by atoms with Gasteiger partial charge in [0.25, 0.3) is 0 Å². The molecule has 0 aliphatic rings. The number of phosphoric ester groups is 1. The zero-order chi connectivity index (χ0) is 46.2. The van der Waals surface area contributed by atoms with E-state index in [0.29, 0.717) is 24.1 Å². The Hall–Kier alpha value is -1.54. The number of rotatable bonds is 49. The van der Waals surface area contributed by atoms with E-state index in [1.54, 1.807) is 0 Å². The molecule has 0 fully saturated rings. The Kier molecular flexibility index (Phi) is 45.8. The summed E-state index contributed by atoms with van der Waals surface area (Å²) in [6.45, 7) is 5.55. The van der Waals surface area contributed by atoms with Crippen molar-refractivity contribution in [2.75, 3.05) is 54.1 Å². The van der Waals surface area contributed by atoms with E-state index < -0.39 is 13.9 Å². The molecule has 63 heavy (non-hydrogen) atoms. The van der Waals surface area contributed by atoms with Crippen LogP contribution in [0, 0.1) is 0 Å². The highest BCUT2D eigenvalue weighted by atomic mass is 31.2. The molecular formula is C54H103NO7P+. The van der Waals surface area contributed by atoms with Crippen LogP contribution in [0.2, 0.25) is 0 Å². The zero-order valence-electron chi connectivity index (χ0n) is 42.1. The van der Waals surface area contributed by atoms with Gasteiger partial charge in [-0.3, -0.25) is 13.8 Å². The summed E-state index contributed by atoms with van der Waals surface area (Å²) >= 11 is 0. The molecule has 1 N–H and O–H groups in total. The standard InChI is InChI=1S/C54H102NO7P/c1-6-8-10-12-14-16-18-20-22-24-26-27-28-29-30-31-33-35-37-39-41-43-45-47-54(56)62-53(52-61-63(57,58)60-50-48-55(3,4)5)51-59-49-46-44-42-40-38-36-34-32-25-23-21-19-17-15-13-11-9-7-2/h8,10,14,16,20,22,26-27,53H,6-7,9,11-13,15,17-19,21,23-25,28-52H2,1-5H3/p+1/b10-8-,16-14-,22-20-,27-26-. The lowest BCUT2D eigenvalue weighted by Gasteiger charge is -2.24. The maximum absolute atomic E-state index is 12.8. The summed E-state index contributed by atoms with van der Waals surface area (Å²) in [6, 6.07) is 0. The molecule has 0 saturated carbocycles. The molecule has 0 bridgehead atoms. The molecule has 0 aliphatic carbocycles. The number of hydrogen-bond acceptors (Lipinski definition) is 6. The van der Waals surface area contributed by atoms with Crippen molar-refractivity contribution in [3.8, 4) is 0 Å². The molecule has 0 spiro atoms. The van der Waals surface area contributed by atoms with Gasteiger partial charge in [0, 0.05) is 13.0 Å². The Labute approximate surface area is 390 Å². The van der Waals surface area contributed by atoms with Crippen molar-refractivity contribution in [1.82, 2.24) is 0 Å². The molecule has 2 unspecified atom stereocenters. The van der Waals surface area contributed by atoms with E-state index in [4.69, 9.17) is 18.5 Å². The highest BCUT2D eigenvalue weighted by molar-refractivity contribution is 7.47. The molecule has 0 heterocycles. The molecule has 0 aromatic rings. The minimum absolute atomic E-state index is 0.0881. The van der Waals surface area contributed by atoms with Crippen molar-refractivity contribution in [2.24, 2.45) is 0 Å². The number of carbonyl (C=O) groups is 1. The first kappa shape index (κ1) is 61.5. The minimum Gasteiger partial charge on any atom is -0.457 e. The van der Waals surface area contributed by atoms with E-state index in [9.17, 15) is 14.3 Å². The third-order valence-electron chi connectivity index (χ3n) is 11.4. The normalized spacial score (nSPS) is 13.9. The second-order valence-corrected chi connectivity index (χ2v) is 20.3. The van der Waals surface area contributed by atoms with Gasteiger partial charge >= 0.3 is 13.8 Å². The van der Waals surface area contributed by atoms with Crippen LogP contribution >= 0.6 is 7.82 Å². The van der Waals surface area contributed by atoms with Crippen LogP contribution in [0.3, 0.4) is 0 Å². The van der Waals surface area contributed by atoms with Crippen molar-refractivity contribution in [1.29, 1.82) is 0 Å². The largest absolute Gasteiger partial charge is 0.472 e. The van der Waals surface area contributed by atoms with Crippen LogP contribution in [-0.4, -0.2) is 75.6 Å². The fourth-order valence-corrected chi connectivity index (χ4v) is 8.11. The molecular weight excluding hydrogens is 806 g/mol. The number of allylic oxidation sites excluding steroid dienone is 8. The van der Waals surface area contributed by atoms with Gasteiger partial charge in [0.1, 0.15) is 19.3 Å². The number of unbranched alkanes of at least 4 members (excludes halogenated alkanes) is 27. The summed E-state index contributed by atoms with van der Waals surface area (Å²) in [6.07, 6.45) is 58.7. The SMILES string of the molecule is CC/C=C\C/C=C\C/C=C\C/C=C\CCCCCCCCCCCCC(=O)OC(COCCCCCCCCCCCCCCCCCCCC)COP(=O)(O)OCC[N+](C)(C)C. The van der Waals surface area contributed by atoms with Gasteiger partial charge in [0.2, 0.25) is 0 Å². The Morgan fingerprint density at radius 3 is 1.38 bits per heavy atom. The van der Waals surface area contributed by atoms with E-state index in [-0.39, 0.29) is 25.8 Å². The quantitative estimate of drug-likeness (QED) is 0.0214. The highest BCUT2D eigenvalue weighted by Crippen LogP contribution is 2.43. The summed E-state index contributed by atoms with van der Waals surface area (Å²) in [7, 11) is 1.67. The molecule has 0 aromatic carbocycles. The smallest absolute Gasteiger partial charge is 0.457 e. The molecule has 0 aromatic heterocycles. The van der Waals surface area contributed by atoms with Crippen LogP contribution in [0.15, 0.2) is 48.6 Å². The molecule has 0 radical (unpaired) electrons. The summed E-state index contributed by atoms with van der Waals surface area (Å²) < 4.78 is 35.2. The van der Waals surface area contributed by atoms with Crippen LogP contribution in [0.4, 0.5) is 0 Å². The van der Waals surface area contributed by atoms with Crippen molar-refractivity contribution in [2.45, 2.75) is 238 Å². The van der Waals surface area contributed by atoms with E-state index in [1.807, 2.05) is 21.1 Å². The lowest BCUT2D eigenvalue weighted by atomic mass is 10.0. The van der Waals surface area contributed by atoms with E-state index >= 15 is 0 Å².